The van der Waals surface area contributed by atoms with Gasteiger partial charge in [-0.25, -0.2) is 9.97 Å². The molecule has 0 aliphatic heterocycles. The molecular weight excluding hydrogens is 310 g/mol. The minimum atomic E-state index is 0.0422. The molecule has 2 rings (SSSR count). The van der Waals surface area contributed by atoms with Gasteiger partial charge >= 0.3 is 0 Å². The third kappa shape index (κ3) is 5.25. The number of aryl methyl sites for hydroxylation is 2. The molecule has 0 N–H and O–H groups in total. The summed E-state index contributed by atoms with van der Waals surface area (Å²) in [6.07, 6.45) is 0. The summed E-state index contributed by atoms with van der Waals surface area (Å²) in [5.41, 5.74) is 2.86. The Morgan fingerprint density at radius 2 is 1.91 bits per heavy atom. The minimum Gasteiger partial charge on any atom is -0.497 e. The van der Waals surface area contributed by atoms with Gasteiger partial charge in [-0.3, -0.25) is 4.79 Å². The van der Waals surface area contributed by atoms with Gasteiger partial charge in [-0.05, 0) is 37.6 Å². The van der Waals surface area contributed by atoms with Crippen LogP contribution in [0, 0.1) is 13.8 Å². The van der Waals surface area contributed by atoms with Crippen LogP contribution in [-0.4, -0.2) is 40.7 Å². The summed E-state index contributed by atoms with van der Waals surface area (Å²) in [6.45, 7) is 4.40. The van der Waals surface area contributed by atoms with Crippen molar-refractivity contribution in [1.82, 2.24) is 14.9 Å². The predicted molar refractivity (Wildman–Crippen MR) is 91.7 cm³/mol. The van der Waals surface area contributed by atoms with Crippen LogP contribution in [0.3, 0.4) is 0 Å². The Balaban J connectivity index is 1.91. The number of ether oxygens (including phenoxy) is 1. The Morgan fingerprint density at radius 1 is 1.22 bits per heavy atom. The van der Waals surface area contributed by atoms with Gasteiger partial charge in [0.2, 0.25) is 5.91 Å². The van der Waals surface area contributed by atoms with Crippen molar-refractivity contribution in [3.63, 3.8) is 0 Å². The number of aromatic nitrogens is 2. The highest BCUT2D eigenvalue weighted by molar-refractivity contribution is 7.99. The molecule has 1 aromatic heterocycles. The number of nitrogens with zero attached hydrogens (tertiary/aromatic N) is 3. The predicted octanol–water partition coefficient (Wildman–Crippen LogP) is 2.85. The molecule has 0 aliphatic carbocycles. The van der Waals surface area contributed by atoms with E-state index < -0.39 is 0 Å². The second kappa shape index (κ2) is 7.97. The lowest BCUT2D eigenvalue weighted by atomic mass is 10.2. The van der Waals surface area contributed by atoms with E-state index in [1.54, 1.807) is 19.1 Å². The van der Waals surface area contributed by atoms with E-state index in [9.17, 15) is 4.79 Å². The lowest BCUT2D eigenvalue weighted by molar-refractivity contribution is -0.127. The molecule has 0 unspecified atom stereocenters. The van der Waals surface area contributed by atoms with Crippen LogP contribution in [0.15, 0.2) is 35.5 Å². The quantitative estimate of drug-likeness (QED) is 0.602. The molecule has 0 saturated heterocycles. The fourth-order valence-electron chi connectivity index (χ4n) is 2.13. The normalized spacial score (nSPS) is 10.4. The van der Waals surface area contributed by atoms with E-state index in [-0.39, 0.29) is 5.91 Å². The number of hydrogen-bond donors (Lipinski definition) is 0. The van der Waals surface area contributed by atoms with E-state index in [1.807, 2.05) is 44.2 Å². The number of benzene rings is 1. The molecule has 0 atom stereocenters. The van der Waals surface area contributed by atoms with Crippen LogP contribution >= 0.6 is 11.8 Å². The van der Waals surface area contributed by atoms with Gasteiger partial charge in [0.25, 0.3) is 0 Å². The number of rotatable bonds is 6. The van der Waals surface area contributed by atoms with Gasteiger partial charge in [0.15, 0.2) is 5.16 Å². The largest absolute Gasteiger partial charge is 0.497 e. The summed E-state index contributed by atoms with van der Waals surface area (Å²) < 4.78 is 5.20. The molecule has 5 nitrogen and oxygen atoms in total. The standard InChI is InChI=1S/C17H21N3O2S/c1-12-8-13(2)19-17(18-12)23-11-16(21)20(3)10-14-6-5-7-15(9-14)22-4/h5-9H,10-11H2,1-4H3. The van der Waals surface area contributed by atoms with Crippen molar-refractivity contribution in [3.05, 3.63) is 47.3 Å². The molecule has 1 amide bonds. The average Bonchev–Trinajstić information content (AvgIpc) is 2.51. The van der Waals surface area contributed by atoms with Crippen LogP contribution in [0.4, 0.5) is 0 Å². The highest BCUT2D eigenvalue weighted by Gasteiger charge is 2.12. The Hall–Kier alpha value is -2.08. The zero-order valence-corrected chi connectivity index (χ0v) is 14.7. The summed E-state index contributed by atoms with van der Waals surface area (Å²) in [7, 11) is 3.43. The Labute approximate surface area is 141 Å². The topological polar surface area (TPSA) is 55.3 Å². The molecule has 0 bridgehead atoms. The summed E-state index contributed by atoms with van der Waals surface area (Å²) in [4.78, 5) is 22.6. The summed E-state index contributed by atoms with van der Waals surface area (Å²) in [6, 6.07) is 9.64. The third-order valence-electron chi connectivity index (χ3n) is 3.27. The van der Waals surface area contributed by atoms with Crippen molar-refractivity contribution < 1.29 is 9.53 Å². The first kappa shape index (κ1) is 17.3. The summed E-state index contributed by atoms with van der Waals surface area (Å²) >= 11 is 1.37. The van der Waals surface area contributed by atoms with Gasteiger partial charge in [-0.2, -0.15) is 0 Å². The number of carbonyl (C=O) groups is 1. The van der Waals surface area contributed by atoms with Crippen molar-refractivity contribution in [2.45, 2.75) is 25.5 Å². The van der Waals surface area contributed by atoms with E-state index >= 15 is 0 Å². The van der Waals surface area contributed by atoms with Crippen LogP contribution < -0.4 is 4.74 Å². The van der Waals surface area contributed by atoms with Crippen LogP contribution in [0.5, 0.6) is 5.75 Å². The Morgan fingerprint density at radius 3 is 2.57 bits per heavy atom. The molecule has 1 heterocycles. The highest BCUT2D eigenvalue weighted by atomic mass is 32.2. The molecule has 23 heavy (non-hydrogen) atoms. The zero-order valence-electron chi connectivity index (χ0n) is 13.9. The van der Waals surface area contributed by atoms with Crippen molar-refractivity contribution in [1.29, 1.82) is 0 Å². The minimum absolute atomic E-state index is 0.0422. The molecule has 6 heteroatoms. The van der Waals surface area contributed by atoms with Gasteiger partial charge in [0.1, 0.15) is 5.75 Å². The van der Waals surface area contributed by atoms with Crippen LogP contribution in [0.25, 0.3) is 0 Å². The first-order valence-electron chi connectivity index (χ1n) is 7.30. The molecule has 0 radical (unpaired) electrons. The van der Waals surface area contributed by atoms with Gasteiger partial charge in [0.05, 0.1) is 12.9 Å². The SMILES string of the molecule is COc1cccc(CN(C)C(=O)CSc2nc(C)cc(C)n2)c1. The monoisotopic (exact) mass is 331 g/mol. The van der Waals surface area contributed by atoms with E-state index in [2.05, 4.69) is 9.97 Å². The van der Waals surface area contributed by atoms with E-state index in [0.29, 0.717) is 17.5 Å². The van der Waals surface area contributed by atoms with Gasteiger partial charge in [-0.1, -0.05) is 23.9 Å². The molecule has 0 saturated carbocycles. The summed E-state index contributed by atoms with van der Waals surface area (Å²) in [5, 5.41) is 0.644. The first-order valence-corrected chi connectivity index (χ1v) is 8.28. The third-order valence-corrected chi connectivity index (χ3v) is 4.10. The molecular formula is C17H21N3O2S. The van der Waals surface area contributed by atoms with Crippen LogP contribution in [-0.2, 0) is 11.3 Å². The second-order valence-electron chi connectivity index (χ2n) is 5.32. The first-order chi connectivity index (χ1) is 11.0. The number of carbonyl (C=O) groups excluding carboxylic acids is 1. The van der Waals surface area contributed by atoms with E-state index in [4.69, 9.17) is 4.74 Å². The second-order valence-corrected chi connectivity index (χ2v) is 6.27. The number of thioether (sulfide) groups is 1. The van der Waals surface area contributed by atoms with Crippen LogP contribution in [0.1, 0.15) is 17.0 Å². The number of hydrogen-bond acceptors (Lipinski definition) is 5. The van der Waals surface area contributed by atoms with Gasteiger partial charge in [0, 0.05) is 25.0 Å². The molecule has 0 spiro atoms. The van der Waals surface area contributed by atoms with Gasteiger partial charge in [-0.15, -0.1) is 0 Å². The molecule has 122 valence electrons. The maximum Gasteiger partial charge on any atom is 0.233 e. The van der Waals surface area contributed by atoms with E-state index in [1.165, 1.54) is 11.8 Å². The zero-order chi connectivity index (χ0) is 16.8. The van der Waals surface area contributed by atoms with Crippen molar-refractivity contribution in [2.75, 3.05) is 19.9 Å². The van der Waals surface area contributed by atoms with Gasteiger partial charge < -0.3 is 9.64 Å². The van der Waals surface area contributed by atoms with Crippen LogP contribution in [0.2, 0.25) is 0 Å². The molecule has 1 aromatic carbocycles. The highest BCUT2D eigenvalue weighted by Crippen LogP contribution is 2.17. The average molecular weight is 331 g/mol. The molecule has 0 aliphatic rings. The maximum atomic E-state index is 12.3. The summed E-state index contributed by atoms with van der Waals surface area (Å²) in [5.74, 6) is 1.16. The van der Waals surface area contributed by atoms with E-state index in [0.717, 1.165) is 22.7 Å². The smallest absolute Gasteiger partial charge is 0.233 e. The fourth-order valence-corrected chi connectivity index (χ4v) is 3.02. The van der Waals surface area contributed by atoms with Crippen molar-refractivity contribution >= 4 is 17.7 Å². The fraction of sp³-hybridized carbons (Fsp3) is 0.353. The lowest BCUT2D eigenvalue weighted by Crippen LogP contribution is -2.27. The maximum absolute atomic E-state index is 12.3. The number of methoxy groups -OCH3 is 1. The van der Waals surface area contributed by atoms with Crippen molar-refractivity contribution in [3.8, 4) is 5.75 Å². The molecule has 0 fully saturated rings. The van der Waals surface area contributed by atoms with Crippen molar-refractivity contribution in [2.24, 2.45) is 0 Å². The number of amides is 1. The lowest BCUT2D eigenvalue weighted by Gasteiger charge is -2.17. The Kier molecular flexibility index (Phi) is 5.98. The molecule has 2 aromatic rings. The Bertz CT molecular complexity index is 671.